The zero-order valence-electron chi connectivity index (χ0n) is 6.95. The second-order valence-electron chi connectivity index (χ2n) is 2.70. The van der Waals surface area contributed by atoms with Gasteiger partial charge < -0.3 is 10.3 Å². The lowest BCUT2D eigenvalue weighted by molar-refractivity contribution is 0.872. The third-order valence-corrected chi connectivity index (χ3v) is 1.96. The van der Waals surface area contributed by atoms with Crippen molar-refractivity contribution in [1.82, 2.24) is 15.3 Å². The number of hydrogen-bond acceptors (Lipinski definition) is 2. The predicted molar refractivity (Wildman–Crippen MR) is 56.6 cm³/mol. The van der Waals surface area contributed by atoms with Crippen LogP contribution in [0.5, 0.6) is 0 Å². The van der Waals surface area contributed by atoms with E-state index in [9.17, 15) is 0 Å². The Hall–Kier alpha value is -1.42. The average Bonchev–Trinajstić information content (AvgIpc) is 2.57. The van der Waals surface area contributed by atoms with Crippen LogP contribution < -0.4 is 5.32 Å². The smallest absolute Gasteiger partial charge is 0.126 e. The summed E-state index contributed by atoms with van der Waals surface area (Å²) in [5, 5.41) is 2.92. The Morgan fingerprint density at radius 3 is 3.08 bits per heavy atom. The Morgan fingerprint density at radius 2 is 2.31 bits per heavy atom. The second kappa shape index (κ2) is 3.53. The zero-order valence-corrected chi connectivity index (χ0v) is 7.77. The highest BCUT2D eigenvalue weighted by Crippen LogP contribution is 2.09. The van der Waals surface area contributed by atoms with Crippen LogP contribution in [0.25, 0.3) is 11.0 Å². The number of nitrogens with one attached hydrogen (secondary N) is 2. The van der Waals surface area contributed by atoms with Crippen molar-refractivity contribution in [2.24, 2.45) is 0 Å². The molecule has 0 saturated heterocycles. The number of benzene rings is 1. The van der Waals surface area contributed by atoms with Crippen LogP contribution >= 0.6 is 12.2 Å². The van der Waals surface area contributed by atoms with Gasteiger partial charge in [-0.25, -0.2) is 4.98 Å². The van der Waals surface area contributed by atoms with Crippen molar-refractivity contribution in [3.05, 3.63) is 30.1 Å². The summed E-state index contributed by atoms with van der Waals surface area (Å²) < 4.78 is 0. The maximum Gasteiger partial charge on any atom is 0.126 e. The fraction of sp³-hybridized carbons (Fsp3) is 0.111. The summed E-state index contributed by atoms with van der Waals surface area (Å²) in [4.78, 5) is 7.56. The molecule has 1 aromatic carbocycles. The summed E-state index contributed by atoms with van der Waals surface area (Å²) in [6, 6.07) is 7.94. The number of aromatic amines is 1. The molecule has 66 valence electrons. The molecule has 0 bridgehead atoms. The summed E-state index contributed by atoms with van der Waals surface area (Å²) in [5.41, 5.74) is 3.54. The van der Waals surface area contributed by atoms with Gasteiger partial charge in [-0.3, -0.25) is 0 Å². The molecule has 2 N–H and O–H groups in total. The molecule has 13 heavy (non-hydrogen) atoms. The van der Waals surface area contributed by atoms with Crippen LogP contribution in [-0.2, 0) is 6.54 Å². The van der Waals surface area contributed by atoms with E-state index in [1.165, 1.54) is 5.49 Å². The van der Waals surface area contributed by atoms with E-state index >= 15 is 0 Å². The lowest BCUT2D eigenvalue weighted by atomic mass is 10.3. The molecule has 0 aliphatic heterocycles. The normalized spacial score (nSPS) is 10.2. The number of aromatic nitrogens is 2. The zero-order chi connectivity index (χ0) is 9.10. The minimum atomic E-state index is 0.651. The highest BCUT2D eigenvalue weighted by atomic mass is 32.1. The van der Waals surface area contributed by atoms with Crippen molar-refractivity contribution >= 4 is 28.7 Å². The van der Waals surface area contributed by atoms with Crippen LogP contribution in [0, 0.1) is 0 Å². The first kappa shape index (κ1) is 8.19. The SMILES string of the molecule is S=CNCc1nc2ccccc2[nH]1. The lowest BCUT2D eigenvalue weighted by Crippen LogP contribution is -2.09. The second-order valence-corrected chi connectivity index (χ2v) is 2.94. The van der Waals surface area contributed by atoms with Gasteiger partial charge in [0.2, 0.25) is 0 Å². The van der Waals surface area contributed by atoms with E-state index < -0.39 is 0 Å². The first-order valence-corrected chi connectivity index (χ1v) is 4.48. The fourth-order valence-electron chi connectivity index (χ4n) is 1.23. The highest BCUT2D eigenvalue weighted by Gasteiger charge is 1.99. The van der Waals surface area contributed by atoms with Crippen molar-refractivity contribution in [1.29, 1.82) is 0 Å². The van der Waals surface area contributed by atoms with Gasteiger partial charge in [-0.15, -0.1) is 0 Å². The largest absolute Gasteiger partial charge is 0.375 e. The number of thiocarbonyl (C=S) groups is 1. The van der Waals surface area contributed by atoms with Gasteiger partial charge in [0.05, 0.1) is 23.1 Å². The summed E-state index contributed by atoms with van der Waals surface area (Å²) in [6.45, 7) is 0.651. The highest BCUT2D eigenvalue weighted by molar-refractivity contribution is 7.78. The minimum absolute atomic E-state index is 0.651. The van der Waals surface area contributed by atoms with Crippen molar-refractivity contribution in [2.75, 3.05) is 0 Å². The number of rotatable bonds is 3. The van der Waals surface area contributed by atoms with E-state index in [0.29, 0.717) is 6.54 Å². The van der Waals surface area contributed by atoms with Crippen LogP contribution in [0.2, 0.25) is 0 Å². The molecule has 0 saturated carbocycles. The molecule has 0 aliphatic carbocycles. The van der Waals surface area contributed by atoms with Crippen LogP contribution in [0.3, 0.4) is 0 Å². The van der Waals surface area contributed by atoms with Gasteiger partial charge in [0.25, 0.3) is 0 Å². The topological polar surface area (TPSA) is 40.7 Å². The lowest BCUT2D eigenvalue weighted by Gasteiger charge is -1.92. The number of hydrogen-bond donors (Lipinski definition) is 2. The van der Waals surface area contributed by atoms with Gasteiger partial charge in [-0.05, 0) is 12.1 Å². The molecule has 1 aromatic heterocycles. The van der Waals surface area contributed by atoms with Gasteiger partial charge in [0.15, 0.2) is 0 Å². The van der Waals surface area contributed by atoms with Crippen LogP contribution in [0.4, 0.5) is 0 Å². The third-order valence-electron chi connectivity index (χ3n) is 1.79. The van der Waals surface area contributed by atoms with Crippen LogP contribution in [0.1, 0.15) is 5.82 Å². The molecule has 0 amide bonds. The van der Waals surface area contributed by atoms with Gasteiger partial charge in [0, 0.05) is 0 Å². The maximum atomic E-state index is 4.65. The Labute approximate surface area is 81.2 Å². The summed E-state index contributed by atoms with van der Waals surface area (Å²) in [7, 11) is 0. The third kappa shape index (κ3) is 1.67. The molecule has 0 spiro atoms. The van der Waals surface area contributed by atoms with Crippen molar-refractivity contribution in [3.63, 3.8) is 0 Å². The van der Waals surface area contributed by atoms with E-state index in [4.69, 9.17) is 0 Å². The molecule has 4 heteroatoms. The van der Waals surface area contributed by atoms with Crippen LogP contribution in [0.15, 0.2) is 24.3 Å². The first-order valence-electron chi connectivity index (χ1n) is 4.01. The molecular weight excluding hydrogens is 182 g/mol. The molecule has 0 fully saturated rings. The van der Waals surface area contributed by atoms with E-state index in [2.05, 4.69) is 27.5 Å². The minimum Gasteiger partial charge on any atom is -0.375 e. The van der Waals surface area contributed by atoms with Gasteiger partial charge in [-0.2, -0.15) is 0 Å². The molecule has 2 aromatic rings. The van der Waals surface area contributed by atoms with Crippen molar-refractivity contribution in [3.8, 4) is 0 Å². The average molecular weight is 191 g/mol. The van der Waals surface area contributed by atoms with Crippen LogP contribution in [-0.4, -0.2) is 15.5 Å². The fourth-order valence-corrected chi connectivity index (χ4v) is 1.31. The standard InChI is InChI=1S/C9H9N3S/c13-6-10-5-9-11-7-3-1-2-4-8(7)12-9/h1-4,6H,5H2,(H,10,13)(H,11,12). The van der Waals surface area contributed by atoms with E-state index in [1.54, 1.807) is 0 Å². The molecule has 0 unspecified atom stereocenters. The van der Waals surface area contributed by atoms with E-state index in [-0.39, 0.29) is 0 Å². The Bertz CT molecular complexity index is 388. The number of para-hydroxylation sites is 2. The quantitative estimate of drug-likeness (QED) is 0.724. The van der Waals surface area contributed by atoms with Gasteiger partial charge in [-0.1, -0.05) is 24.4 Å². The maximum absolute atomic E-state index is 4.65. The molecular formula is C9H9N3S. The molecule has 1 heterocycles. The van der Waals surface area contributed by atoms with E-state index in [0.717, 1.165) is 16.9 Å². The monoisotopic (exact) mass is 191 g/mol. The Morgan fingerprint density at radius 1 is 1.46 bits per heavy atom. The summed E-state index contributed by atoms with van der Waals surface area (Å²) in [6.07, 6.45) is 0. The Kier molecular flexibility index (Phi) is 2.23. The number of H-pyrrole nitrogens is 1. The number of nitrogens with zero attached hydrogens (tertiary/aromatic N) is 1. The molecule has 2 rings (SSSR count). The first-order chi connectivity index (χ1) is 6.40. The number of imidazole rings is 1. The molecule has 0 radical (unpaired) electrons. The number of fused-ring (bicyclic) bond motifs is 1. The van der Waals surface area contributed by atoms with Crippen molar-refractivity contribution in [2.45, 2.75) is 6.54 Å². The molecule has 0 aliphatic rings. The Balaban J connectivity index is 2.32. The summed E-state index contributed by atoms with van der Waals surface area (Å²) in [5.74, 6) is 0.905. The van der Waals surface area contributed by atoms with E-state index in [1.807, 2.05) is 24.3 Å². The van der Waals surface area contributed by atoms with Gasteiger partial charge >= 0.3 is 0 Å². The van der Waals surface area contributed by atoms with Gasteiger partial charge in [0.1, 0.15) is 5.82 Å². The predicted octanol–water partition coefficient (Wildman–Crippen LogP) is 1.61. The molecule has 3 nitrogen and oxygen atoms in total. The summed E-state index contributed by atoms with van der Waals surface area (Å²) >= 11 is 4.65. The van der Waals surface area contributed by atoms with Crippen molar-refractivity contribution < 1.29 is 0 Å². The molecule has 0 atom stereocenters.